The Kier molecular flexibility index (Phi) is 4.08. The summed E-state index contributed by atoms with van der Waals surface area (Å²) in [6, 6.07) is 10.7. The maximum atomic E-state index is 9.09. The molecule has 0 atom stereocenters. The largest absolute Gasteiger partial charge is 0.395 e. The van der Waals surface area contributed by atoms with Crippen molar-refractivity contribution in [3.05, 3.63) is 47.6 Å². The standard InChI is InChI=1S/C15H19N3O2/c19-9-8-18(13-6-7-13)11-14-16-15(20-17-14)10-12-4-2-1-3-5-12/h1-5,13,19H,6-11H2. The first-order valence-corrected chi connectivity index (χ1v) is 7.05. The van der Waals surface area contributed by atoms with Crippen LogP contribution in [0, 0.1) is 0 Å². The Balaban J connectivity index is 1.61. The van der Waals surface area contributed by atoms with Gasteiger partial charge in [-0.1, -0.05) is 35.5 Å². The van der Waals surface area contributed by atoms with Crippen LogP contribution < -0.4 is 0 Å². The Labute approximate surface area is 118 Å². The maximum Gasteiger partial charge on any atom is 0.231 e. The minimum atomic E-state index is 0.172. The van der Waals surface area contributed by atoms with Crippen LogP contribution in [0.3, 0.4) is 0 Å². The van der Waals surface area contributed by atoms with Gasteiger partial charge in [-0.25, -0.2) is 0 Å². The molecule has 0 amide bonds. The van der Waals surface area contributed by atoms with Gasteiger partial charge in [-0.3, -0.25) is 4.90 Å². The van der Waals surface area contributed by atoms with Gasteiger partial charge in [0, 0.05) is 12.6 Å². The lowest BCUT2D eigenvalue weighted by molar-refractivity contribution is 0.179. The molecular formula is C15H19N3O2. The molecule has 20 heavy (non-hydrogen) atoms. The van der Waals surface area contributed by atoms with Crippen LogP contribution in [0.5, 0.6) is 0 Å². The highest BCUT2D eigenvalue weighted by molar-refractivity contribution is 5.17. The molecule has 0 bridgehead atoms. The molecule has 5 nitrogen and oxygen atoms in total. The molecule has 2 aromatic rings. The topological polar surface area (TPSA) is 62.4 Å². The molecule has 1 aromatic carbocycles. The first-order valence-electron chi connectivity index (χ1n) is 7.05. The molecule has 1 aromatic heterocycles. The molecule has 0 spiro atoms. The summed E-state index contributed by atoms with van der Waals surface area (Å²) in [6.07, 6.45) is 3.07. The number of hydrogen-bond donors (Lipinski definition) is 1. The monoisotopic (exact) mass is 273 g/mol. The molecule has 106 valence electrons. The van der Waals surface area contributed by atoms with E-state index in [1.54, 1.807) is 0 Å². The molecule has 1 fully saturated rings. The van der Waals surface area contributed by atoms with E-state index in [1.165, 1.54) is 12.8 Å². The summed E-state index contributed by atoms with van der Waals surface area (Å²) in [5, 5.41) is 13.1. The van der Waals surface area contributed by atoms with E-state index in [1.807, 2.05) is 30.3 Å². The van der Waals surface area contributed by atoms with Crippen molar-refractivity contribution in [2.45, 2.75) is 31.8 Å². The third-order valence-electron chi connectivity index (χ3n) is 3.50. The van der Waals surface area contributed by atoms with E-state index in [0.717, 1.165) is 5.56 Å². The molecule has 0 radical (unpaired) electrons. The van der Waals surface area contributed by atoms with Crippen molar-refractivity contribution in [1.29, 1.82) is 0 Å². The highest BCUT2D eigenvalue weighted by Gasteiger charge is 2.29. The fraction of sp³-hybridized carbons (Fsp3) is 0.467. The van der Waals surface area contributed by atoms with Crippen molar-refractivity contribution in [2.24, 2.45) is 0 Å². The highest BCUT2D eigenvalue weighted by atomic mass is 16.5. The Morgan fingerprint density at radius 1 is 1.25 bits per heavy atom. The number of nitrogens with zero attached hydrogens (tertiary/aromatic N) is 3. The number of benzene rings is 1. The molecule has 5 heteroatoms. The van der Waals surface area contributed by atoms with Gasteiger partial charge < -0.3 is 9.63 Å². The third kappa shape index (κ3) is 3.43. The van der Waals surface area contributed by atoms with Gasteiger partial charge in [0.2, 0.25) is 5.89 Å². The average molecular weight is 273 g/mol. The Hall–Kier alpha value is -1.72. The van der Waals surface area contributed by atoms with Crippen LogP contribution >= 0.6 is 0 Å². The summed E-state index contributed by atoms with van der Waals surface area (Å²) < 4.78 is 5.30. The van der Waals surface area contributed by atoms with Gasteiger partial charge in [0.25, 0.3) is 0 Å². The number of aliphatic hydroxyl groups excluding tert-OH is 1. The van der Waals surface area contributed by atoms with E-state index >= 15 is 0 Å². The van der Waals surface area contributed by atoms with Crippen LogP contribution in [0.1, 0.15) is 30.1 Å². The molecule has 3 rings (SSSR count). The molecule has 0 unspecified atom stereocenters. The van der Waals surface area contributed by atoms with Gasteiger partial charge in [-0.2, -0.15) is 4.98 Å². The van der Waals surface area contributed by atoms with Crippen LogP contribution in [-0.4, -0.2) is 39.3 Å². The Morgan fingerprint density at radius 2 is 2.05 bits per heavy atom. The first-order chi connectivity index (χ1) is 9.85. The first kappa shape index (κ1) is 13.3. The SMILES string of the molecule is OCCN(Cc1noc(Cc2ccccc2)n1)C1CC1. The molecule has 1 aliphatic rings. The van der Waals surface area contributed by atoms with Gasteiger partial charge in [0.05, 0.1) is 19.6 Å². The second kappa shape index (κ2) is 6.15. The minimum Gasteiger partial charge on any atom is -0.395 e. The molecule has 1 aliphatic carbocycles. The van der Waals surface area contributed by atoms with Gasteiger partial charge in [-0.15, -0.1) is 0 Å². The zero-order chi connectivity index (χ0) is 13.8. The Bertz CT molecular complexity index is 537. The predicted molar refractivity (Wildman–Crippen MR) is 74.1 cm³/mol. The number of aromatic nitrogens is 2. The summed E-state index contributed by atoms with van der Waals surface area (Å²) in [5.74, 6) is 1.35. The molecular weight excluding hydrogens is 254 g/mol. The summed E-state index contributed by atoms with van der Waals surface area (Å²) in [4.78, 5) is 6.66. The lowest BCUT2D eigenvalue weighted by atomic mass is 10.1. The van der Waals surface area contributed by atoms with Crippen LogP contribution in [-0.2, 0) is 13.0 Å². The van der Waals surface area contributed by atoms with Gasteiger partial charge in [-0.05, 0) is 18.4 Å². The quantitative estimate of drug-likeness (QED) is 0.830. The highest BCUT2D eigenvalue weighted by Crippen LogP contribution is 2.27. The molecule has 1 heterocycles. The lowest BCUT2D eigenvalue weighted by Crippen LogP contribution is -2.29. The third-order valence-corrected chi connectivity index (χ3v) is 3.50. The van der Waals surface area contributed by atoms with Gasteiger partial charge in [0.15, 0.2) is 5.82 Å². The second-order valence-corrected chi connectivity index (χ2v) is 5.19. The number of aliphatic hydroxyl groups is 1. The summed E-state index contributed by atoms with van der Waals surface area (Å²) in [7, 11) is 0. The molecule has 0 aliphatic heterocycles. The van der Waals surface area contributed by atoms with Crippen LogP contribution in [0.15, 0.2) is 34.9 Å². The van der Waals surface area contributed by atoms with Crippen molar-refractivity contribution >= 4 is 0 Å². The van der Waals surface area contributed by atoms with Crippen molar-refractivity contribution < 1.29 is 9.63 Å². The number of hydrogen-bond acceptors (Lipinski definition) is 5. The summed E-state index contributed by atoms with van der Waals surface area (Å²) in [5.41, 5.74) is 1.16. The average Bonchev–Trinajstić information content (AvgIpc) is 3.22. The van der Waals surface area contributed by atoms with Gasteiger partial charge in [0.1, 0.15) is 0 Å². The van der Waals surface area contributed by atoms with Crippen molar-refractivity contribution in [3.8, 4) is 0 Å². The number of rotatable bonds is 7. The molecule has 1 N–H and O–H groups in total. The van der Waals surface area contributed by atoms with Crippen LogP contribution in [0.4, 0.5) is 0 Å². The van der Waals surface area contributed by atoms with Crippen LogP contribution in [0.25, 0.3) is 0 Å². The smallest absolute Gasteiger partial charge is 0.231 e. The lowest BCUT2D eigenvalue weighted by Gasteiger charge is -2.18. The summed E-state index contributed by atoms with van der Waals surface area (Å²) >= 11 is 0. The van der Waals surface area contributed by atoms with E-state index in [2.05, 4.69) is 15.0 Å². The minimum absolute atomic E-state index is 0.172. The van der Waals surface area contributed by atoms with E-state index in [-0.39, 0.29) is 6.61 Å². The second-order valence-electron chi connectivity index (χ2n) is 5.19. The zero-order valence-electron chi connectivity index (χ0n) is 11.4. The zero-order valence-corrected chi connectivity index (χ0v) is 11.4. The predicted octanol–water partition coefficient (Wildman–Crippen LogP) is 1.62. The normalized spacial score (nSPS) is 14.9. The maximum absolute atomic E-state index is 9.09. The van der Waals surface area contributed by atoms with Crippen molar-refractivity contribution in [1.82, 2.24) is 15.0 Å². The fourth-order valence-electron chi connectivity index (χ4n) is 2.34. The summed E-state index contributed by atoms with van der Waals surface area (Å²) in [6.45, 7) is 1.50. The van der Waals surface area contributed by atoms with Crippen molar-refractivity contribution in [2.75, 3.05) is 13.2 Å². The van der Waals surface area contributed by atoms with E-state index in [9.17, 15) is 0 Å². The van der Waals surface area contributed by atoms with E-state index < -0.39 is 0 Å². The van der Waals surface area contributed by atoms with E-state index in [4.69, 9.17) is 9.63 Å². The van der Waals surface area contributed by atoms with Crippen molar-refractivity contribution in [3.63, 3.8) is 0 Å². The Morgan fingerprint density at radius 3 is 2.75 bits per heavy atom. The fourth-order valence-corrected chi connectivity index (χ4v) is 2.34. The van der Waals surface area contributed by atoms with Gasteiger partial charge >= 0.3 is 0 Å². The molecule has 1 saturated carbocycles. The van der Waals surface area contributed by atoms with Crippen LogP contribution in [0.2, 0.25) is 0 Å². The molecule has 0 saturated heterocycles. The van der Waals surface area contributed by atoms with E-state index in [0.29, 0.717) is 37.3 Å².